The smallest absolute Gasteiger partial charge is 0.156 e. The molecule has 5 rings (SSSR count). The predicted molar refractivity (Wildman–Crippen MR) is 111 cm³/mol. The number of fused-ring (bicyclic) bond motifs is 4. The van der Waals surface area contributed by atoms with E-state index in [1.807, 2.05) is 12.1 Å². The van der Waals surface area contributed by atoms with Gasteiger partial charge in [0.1, 0.15) is 5.82 Å². The molecule has 0 aliphatic heterocycles. The van der Waals surface area contributed by atoms with Crippen LogP contribution in [-0.4, -0.2) is 18.9 Å². The highest BCUT2D eigenvalue weighted by Crippen LogP contribution is 2.26. The third-order valence-corrected chi connectivity index (χ3v) is 5.59. The van der Waals surface area contributed by atoms with Crippen molar-refractivity contribution in [1.82, 2.24) is 18.9 Å². The third kappa shape index (κ3) is 2.60. The number of halogens is 1. The first-order valence-corrected chi connectivity index (χ1v) is 9.46. The minimum absolute atomic E-state index is 0.682. The van der Waals surface area contributed by atoms with Gasteiger partial charge in [-0.2, -0.15) is 0 Å². The summed E-state index contributed by atoms with van der Waals surface area (Å²) in [4.78, 5) is 9.66. The van der Waals surface area contributed by atoms with Gasteiger partial charge in [0.2, 0.25) is 0 Å². The second-order valence-electron chi connectivity index (χ2n) is 6.99. The summed E-state index contributed by atoms with van der Waals surface area (Å²) in [6, 6.07) is 16.6. The Hall–Kier alpha value is -2.85. The van der Waals surface area contributed by atoms with Crippen molar-refractivity contribution in [2.24, 2.45) is 7.05 Å². The molecule has 0 N–H and O–H groups in total. The molecule has 0 aliphatic rings. The van der Waals surface area contributed by atoms with Crippen molar-refractivity contribution in [1.29, 1.82) is 0 Å². The quantitative estimate of drug-likeness (QED) is 0.439. The summed E-state index contributed by atoms with van der Waals surface area (Å²) in [5, 5.41) is 3.10. The molecule has 0 spiro atoms. The van der Waals surface area contributed by atoms with E-state index in [1.165, 1.54) is 10.8 Å². The number of pyridine rings is 1. The summed E-state index contributed by atoms with van der Waals surface area (Å²) < 4.78 is 4.25. The Morgan fingerprint density at radius 3 is 2.67 bits per heavy atom. The molecule has 0 amide bonds. The van der Waals surface area contributed by atoms with Gasteiger partial charge in [0.25, 0.3) is 0 Å². The van der Waals surface area contributed by atoms with Crippen molar-refractivity contribution in [2.75, 3.05) is 0 Å². The number of aryl methyl sites for hydroxylation is 4. The Kier molecular flexibility index (Phi) is 3.69. The first kappa shape index (κ1) is 16.3. The maximum Gasteiger partial charge on any atom is 0.156 e. The molecule has 3 aromatic heterocycles. The average Bonchev–Trinajstić information content (AvgIpc) is 3.26. The Morgan fingerprint density at radius 2 is 1.81 bits per heavy atom. The molecule has 3 heterocycles. The zero-order valence-corrected chi connectivity index (χ0v) is 16.0. The molecular formula is C22H19ClN4. The van der Waals surface area contributed by atoms with Crippen LogP contribution in [0.25, 0.3) is 27.5 Å². The first-order valence-electron chi connectivity index (χ1n) is 9.08. The van der Waals surface area contributed by atoms with Crippen LogP contribution in [0.2, 0.25) is 5.02 Å². The maximum atomic E-state index is 6.29. The fourth-order valence-electron chi connectivity index (χ4n) is 3.77. The second-order valence-corrected chi connectivity index (χ2v) is 7.40. The van der Waals surface area contributed by atoms with Crippen LogP contribution in [-0.2, 0) is 19.9 Å². The van der Waals surface area contributed by atoms with E-state index >= 15 is 0 Å². The summed E-state index contributed by atoms with van der Waals surface area (Å²) in [5.74, 6) is 1.07. The standard InChI is InChI=1S/C22H19ClN4/c1-14-7-10-18(23)22-24-16(13-27(14)22)9-12-20-25-21-17-6-4-3-5-15(17)8-11-19(21)26(20)2/h3-8,10-11,13H,9,12H2,1-2H3. The van der Waals surface area contributed by atoms with Crippen molar-refractivity contribution in [3.8, 4) is 0 Å². The normalized spacial score (nSPS) is 11.8. The van der Waals surface area contributed by atoms with E-state index in [-0.39, 0.29) is 0 Å². The van der Waals surface area contributed by atoms with Crippen LogP contribution in [0.1, 0.15) is 17.2 Å². The number of hydrogen-bond donors (Lipinski definition) is 0. The van der Waals surface area contributed by atoms with Gasteiger partial charge < -0.3 is 8.97 Å². The molecular weight excluding hydrogens is 356 g/mol. The Bertz CT molecular complexity index is 1270. The number of aromatic nitrogens is 4. The van der Waals surface area contributed by atoms with Crippen LogP contribution in [0.4, 0.5) is 0 Å². The summed E-state index contributed by atoms with van der Waals surface area (Å²) in [7, 11) is 2.09. The average molecular weight is 375 g/mol. The van der Waals surface area contributed by atoms with Gasteiger partial charge in [0.15, 0.2) is 5.65 Å². The van der Waals surface area contributed by atoms with Crippen LogP contribution >= 0.6 is 11.6 Å². The van der Waals surface area contributed by atoms with Crippen LogP contribution in [0.15, 0.2) is 54.7 Å². The molecule has 27 heavy (non-hydrogen) atoms. The van der Waals surface area contributed by atoms with Gasteiger partial charge >= 0.3 is 0 Å². The van der Waals surface area contributed by atoms with Crippen molar-refractivity contribution in [3.05, 3.63) is 77.0 Å². The van der Waals surface area contributed by atoms with E-state index < -0.39 is 0 Å². The molecule has 5 heteroatoms. The lowest BCUT2D eigenvalue weighted by Gasteiger charge is -2.01. The molecule has 0 aliphatic carbocycles. The van der Waals surface area contributed by atoms with Gasteiger partial charge in [-0.1, -0.05) is 41.9 Å². The van der Waals surface area contributed by atoms with Gasteiger partial charge in [-0.3, -0.25) is 0 Å². The third-order valence-electron chi connectivity index (χ3n) is 5.29. The largest absolute Gasteiger partial charge is 0.331 e. The van der Waals surface area contributed by atoms with E-state index in [9.17, 15) is 0 Å². The van der Waals surface area contributed by atoms with Gasteiger partial charge in [0.05, 0.1) is 21.7 Å². The molecule has 0 saturated heterocycles. The van der Waals surface area contributed by atoms with Gasteiger partial charge in [-0.25, -0.2) is 9.97 Å². The highest BCUT2D eigenvalue weighted by atomic mass is 35.5. The molecule has 2 aromatic carbocycles. The molecule has 0 fully saturated rings. The van der Waals surface area contributed by atoms with Crippen LogP contribution in [0, 0.1) is 6.92 Å². The van der Waals surface area contributed by atoms with E-state index in [0.29, 0.717) is 5.02 Å². The zero-order chi connectivity index (χ0) is 18.5. The number of benzene rings is 2. The topological polar surface area (TPSA) is 35.1 Å². The summed E-state index contributed by atoms with van der Waals surface area (Å²) in [6.45, 7) is 2.06. The Morgan fingerprint density at radius 1 is 0.963 bits per heavy atom. The Balaban J connectivity index is 1.52. The molecule has 4 nitrogen and oxygen atoms in total. The van der Waals surface area contributed by atoms with Crippen molar-refractivity contribution in [3.63, 3.8) is 0 Å². The molecule has 5 aromatic rings. The summed E-state index contributed by atoms with van der Waals surface area (Å²) >= 11 is 6.29. The highest BCUT2D eigenvalue weighted by molar-refractivity contribution is 6.33. The van der Waals surface area contributed by atoms with Gasteiger partial charge in [0, 0.05) is 30.7 Å². The first-order chi connectivity index (χ1) is 13.1. The molecule has 0 bridgehead atoms. The summed E-state index contributed by atoms with van der Waals surface area (Å²) in [5.41, 5.74) is 5.21. The zero-order valence-electron chi connectivity index (χ0n) is 15.3. The fourth-order valence-corrected chi connectivity index (χ4v) is 3.97. The SMILES string of the molecule is Cc1ccc(Cl)c2nc(CCc3nc4c5ccccc5ccc4n3C)cn12. The van der Waals surface area contributed by atoms with E-state index in [1.54, 1.807) is 0 Å². The lowest BCUT2D eigenvalue weighted by Crippen LogP contribution is -2.00. The molecule has 134 valence electrons. The van der Waals surface area contributed by atoms with E-state index in [2.05, 4.69) is 65.5 Å². The number of imidazole rings is 2. The summed E-state index contributed by atoms with van der Waals surface area (Å²) in [6.07, 6.45) is 3.74. The minimum atomic E-state index is 0.682. The molecule has 0 atom stereocenters. The number of hydrogen-bond acceptors (Lipinski definition) is 2. The molecule has 0 unspecified atom stereocenters. The second kappa shape index (κ2) is 6.10. The number of nitrogens with zero attached hydrogens (tertiary/aromatic N) is 4. The monoisotopic (exact) mass is 374 g/mol. The van der Waals surface area contributed by atoms with E-state index in [4.69, 9.17) is 21.6 Å². The maximum absolute atomic E-state index is 6.29. The highest BCUT2D eigenvalue weighted by Gasteiger charge is 2.12. The molecule has 0 radical (unpaired) electrons. The van der Waals surface area contributed by atoms with Crippen LogP contribution < -0.4 is 0 Å². The fraction of sp³-hybridized carbons (Fsp3) is 0.182. The van der Waals surface area contributed by atoms with Gasteiger partial charge in [-0.05, 0) is 36.9 Å². The van der Waals surface area contributed by atoms with Crippen molar-refractivity contribution >= 4 is 39.1 Å². The van der Waals surface area contributed by atoms with Crippen molar-refractivity contribution in [2.45, 2.75) is 19.8 Å². The van der Waals surface area contributed by atoms with Crippen LogP contribution in [0.3, 0.4) is 0 Å². The predicted octanol–water partition coefficient (Wildman–Crippen LogP) is 5.12. The lowest BCUT2D eigenvalue weighted by molar-refractivity contribution is 0.779. The Labute approximate surface area is 162 Å². The minimum Gasteiger partial charge on any atom is -0.331 e. The van der Waals surface area contributed by atoms with E-state index in [0.717, 1.165) is 46.7 Å². The van der Waals surface area contributed by atoms with Crippen LogP contribution in [0.5, 0.6) is 0 Å². The molecule has 0 saturated carbocycles. The van der Waals surface area contributed by atoms with Crippen molar-refractivity contribution < 1.29 is 0 Å². The van der Waals surface area contributed by atoms with Gasteiger partial charge in [-0.15, -0.1) is 0 Å². The number of rotatable bonds is 3. The lowest BCUT2D eigenvalue weighted by atomic mass is 10.1.